The average molecular weight is 269 g/mol. The Labute approximate surface area is 115 Å². The molecule has 2 atom stereocenters. The van der Waals surface area contributed by atoms with Gasteiger partial charge in [-0.05, 0) is 18.3 Å². The van der Waals surface area contributed by atoms with Crippen molar-refractivity contribution in [3.05, 3.63) is 0 Å². The van der Waals surface area contributed by atoms with E-state index >= 15 is 0 Å². The summed E-state index contributed by atoms with van der Waals surface area (Å²) in [6, 6.07) is -0.402. The lowest BCUT2D eigenvalue weighted by molar-refractivity contribution is -0.129. The van der Waals surface area contributed by atoms with Gasteiger partial charge in [0, 0.05) is 24.5 Å². The molecule has 1 aliphatic heterocycles. The van der Waals surface area contributed by atoms with Gasteiger partial charge in [-0.3, -0.25) is 4.79 Å². The second kappa shape index (κ2) is 5.80. The number of rotatable bonds is 2. The molecular formula is C14H27N3O2. The Morgan fingerprint density at radius 3 is 2.26 bits per heavy atom. The number of nitrogens with zero attached hydrogens (tertiary/aromatic N) is 1. The van der Waals surface area contributed by atoms with Crippen LogP contribution < -0.4 is 11.1 Å². The van der Waals surface area contributed by atoms with E-state index in [4.69, 9.17) is 5.73 Å². The topological polar surface area (TPSA) is 75.4 Å². The molecule has 0 bridgehead atoms. The van der Waals surface area contributed by atoms with Crippen molar-refractivity contribution in [1.29, 1.82) is 0 Å². The van der Waals surface area contributed by atoms with Crippen LogP contribution in [-0.2, 0) is 4.79 Å². The van der Waals surface area contributed by atoms with Crippen LogP contribution >= 0.6 is 0 Å². The summed E-state index contributed by atoms with van der Waals surface area (Å²) in [5.74, 6) is 0.869. The van der Waals surface area contributed by atoms with E-state index in [0.29, 0.717) is 24.9 Å². The summed E-state index contributed by atoms with van der Waals surface area (Å²) in [5.41, 5.74) is 4.97. The third-order valence-corrected chi connectivity index (χ3v) is 3.75. The molecule has 5 nitrogen and oxygen atoms in total. The number of carbonyl (C=O) groups excluding carboxylic acids is 2. The number of nitrogens with one attached hydrogen (secondary N) is 1. The van der Waals surface area contributed by atoms with Crippen LogP contribution in [0, 0.1) is 17.3 Å². The number of amides is 3. The largest absolute Gasteiger partial charge is 0.351 e. The number of carbonyl (C=O) groups is 2. The molecule has 110 valence electrons. The molecule has 1 rings (SSSR count). The Morgan fingerprint density at radius 1 is 1.26 bits per heavy atom. The molecule has 5 heteroatoms. The maximum Gasteiger partial charge on any atom is 0.314 e. The highest BCUT2D eigenvalue weighted by molar-refractivity contribution is 5.81. The predicted octanol–water partition coefficient (Wildman–Crippen LogP) is 1.57. The van der Waals surface area contributed by atoms with Crippen molar-refractivity contribution in [1.82, 2.24) is 10.2 Å². The van der Waals surface area contributed by atoms with Crippen LogP contribution in [0.5, 0.6) is 0 Å². The molecule has 1 heterocycles. The van der Waals surface area contributed by atoms with Gasteiger partial charge in [-0.25, -0.2) is 4.79 Å². The lowest BCUT2D eigenvalue weighted by Gasteiger charge is -2.39. The van der Waals surface area contributed by atoms with E-state index in [-0.39, 0.29) is 11.9 Å². The first-order valence-corrected chi connectivity index (χ1v) is 6.96. The summed E-state index contributed by atoms with van der Waals surface area (Å²) in [4.78, 5) is 25.1. The highest BCUT2D eigenvalue weighted by Gasteiger charge is 2.33. The zero-order chi connectivity index (χ0) is 14.8. The van der Waals surface area contributed by atoms with Gasteiger partial charge in [0.05, 0.1) is 0 Å². The molecule has 1 saturated heterocycles. The number of primary amides is 1. The highest BCUT2D eigenvalue weighted by atomic mass is 16.2. The first-order chi connectivity index (χ1) is 8.61. The quantitative estimate of drug-likeness (QED) is 0.798. The number of piperidine rings is 1. The molecule has 3 N–H and O–H groups in total. The summed E-state index contributed by atoms with van der Waals surface area (Å²) in [5, 5.41) is 3.04. The molecule has 0 aromatic rings. The zero-order valence-corrected chi connectivity index (χ0v) is 12.7. The molecule has 19 heavy (non-hydrogen) atoms. The third-order valence-electron chi connectivity index (χ3n) is 3.75. The van der Waals surface area contributed by atoms with Gasteiger partial charge in [-0.2, -0.15) is 0 Å². The summed E-state index contributed by atoms with van der Waals surface area (Å²) in [6.07, 6.45) is 0.906. The normalized spacial score (nSPS) is 24.4. The molecule has 0 saturated carbocycles. The Bertz CT molecular complexity index is 347. The van der Waals surface area contributed by atoms with Gasteiger partial charge in [0.1, 0.15) is 0 Å². The van der Waals surface area contributed by atoms with E-state index in [1.165, 1.54) is 0 Å². The standard InChI is InChI=1S/C14H27N3O2/c1-9(2)10-6-11(8-17(7-10)13(15)19)16-12(18)14(3,4)5/h9-11H,6-8H2,1-5H3,(H2,15,19)(H,16,18). The SMILES string of the molecule is CC(C)C1CC(NC(=O)C(C)(C)C)CN(C(N)=O)C1. The van der Waals surface area contributed by atoms with Crippen molar-refractivity contribution in [2.75, 3.05) is 13.1 Å². The lowest BCUT2D eigenvalue weighted by Crippen LogP contribution is -2.56. The lowest BCUT2D eigenvalue weighted by atomic mass is 9.85. The average Bonchev–Trinajstić information content (AvgIpc) is 2.27. The second-order valence-corrected chi connectivity index (χ2v) is 6.90. The molecule has 1 fully saturated rings. The molecule has 3 amide bonds. The monoisotopic (exact) mass is 269 g/mol. The van der Waals surface area contributed by atoms with Crippen LogP contribution in [-0.4, -0.2) is 36.0 Å². The summed E-state index contributed by atoms with van der Waals surface area (Å²) < 4.78 is 0. The maximum absolute atomic E-state index is 12.0. The zero-order valence-electron chi connectivity index (χ0n) is 12.7. The maximum atomic E-state index is 12.0. The summed E-state index contributed by atoms with van der Waals surface area (Å²) in [7, 11) is 0. The van der Waals surface area contributed by atoms with Crippen LogP contribution in [0.2, 0.25) is 0 Å². The van der Waals surface area contributed by atoms with Gasteiger partial charge in [0.2, 0.25) is 5.91 Å². The fourth-order valence-corrected chi connectivity index (χ4v) is 2.31. The number of urea groups is 1. The fraction of sp³-hybridized carbons (Fsp3) is 0.857. The molecule has 0 aliphatic carbocycles. The van der Waals surface area contributed by atoms with Gasteiger partial charge >= 0.3 is 6.03 Å². The van der Waals surface area contributed by atoms with Crippen LogP contribution in [0.4, 0.5) is 4.79 Å². The minimum atomic E-state index is -0.414. The van der Waals surface area contributed by atoms with E-state index in [0.717, 1.165) is 6.42 Å². The first-order valence-electron chi connectivity index (χ1n) is 6.96. The van der Waals surface area contributed by atoms with Crippen molar-refractivity contribution in [3.63, 3.8) is 0 Å². The molecular weight excluding hydrogens is 242 g/mol. The Balaban J connectivity index is 2.72. The molecule has 0 radical (unpaired) electrons. The van der Waals surface area contributed by atoms with E-state index < -0.39 is 11.4 Å². The molecule has 0 aromatic heterocycles. The van der Waals surface area contributed by atoms with Crippen LogP contribution in [0.15, 0.2) is 0 Å². The second-order valence-electron chi connectivity index (χ2n) is 6.90. The van der Waals surface area contributed by atoms with Crippen LogP contribution in [0.1, 0.15) is 41.0 Å². The Kier molecular flexibility index (Phi) is 4.82. The minimum absolute atomic E-state index is 0.000347. The van der Waals surface area contributed by atoms with Gasteiger partial charge in [0.25, 0.3) is 0 Å². The predicted molar refractivity (Wildman–Crippen MR) is 75.5 cm³/mol. The van der Waals surface area contributed by atoms with Crippen molar-refractivity contribution in [2.24, 2.45) is 23.0 Å². The number of hydrogen-bond acceptors (Lipinski definition) is 2. The van der Waals surface area contributed by atoms with E-state index in [1.807, 2.05) is 20.8 Å². The van der Waals surface area contributed by atoms with E-state index in [2.05, 4.69) is 19.2 Å². The first kappa shape index (κ1) is 15.8. The van der Waals surface area contributed by atoms with E-state index in [1.54, 1.807) is 4.90 Å². The molecule has 0 aromatic carbocycles. The smallest absolute Gasteiger partial charge is 0.314 e. The van der Waals surface area contributed by atoms with Crippen molar-refractivity contribution in [2.45, 2.75) is 47.1 Å². The van der Waals surface area contributed by atoms with E-state index in [9.17, 15) is 9.59 Å². The van der Waals surface area contributed by atoms with Crippen molar-refractivity contribution in [3.8, 4) is 0 Å². The molecule has 0 spiro atoms. The Morgan fingerprint density at radius 2 is 1.84 bits per heavy atom. The summed E-state index contributed by atoms with van der Waals surface area (Å²) >= 11 is 0. The van der Waals surface area contributed by atoms with Crippen LogP contribution in [0.3, 0.4) is 0 Å². The molecule has 2 unspecified atom stereocenters. The number of hydrogen-bond donors (Lipinski definition) is 2. The molecule has 1 aliphatic rings. The fourth-order valence-electron chi connectivity index (χ4n) is 2.31. The number of nitrogens with two attached hydrogens (primary N) is 1. The van der Waals surface area contributed by atoms with Gasteiger partial charge in [0.15, 0.2) is 0 Å². The van der Waals surface area contributed by atoms with Crippen molar-refractivity contribution >= 4 is 11.9 Å². The van der Waals surface area contributed by atoms with Crippen molar-refractivity contribution < 1.29 is 9.59 Å². The minimum Gasteiger partial charge on any atom is -0.351 e. The summed E-state index contributed by atoms with van der Waals surface area (Å²) in [6.45, 7) is 11.1. The van der Waals surface area contributed by atoms with Gasteiger partial charge < -0.3 is 16.0 Å². The third kappa shape index (κ3) is 4.40. The number of likely N-dealkylation sites (tertiary alicyclic amines) is 1. The Hall–Kier alpha value is -1.26. The van der Waals surface area contributed by atoms with Gasteiger partial charge in [-0.15, -0.1) is 0 Å². The van der Waals surface area contributed by atoms with Gasteiger partial charge in [-0.1, -0.05) is 34.6 Å². The highest BCUT2D eigenvalue weighted by Crippen LogP contribution is 2.24. The van der Waals surface area contributed by atoms with Crippen LogP contribution in [0.25, 0.3) is 0 Å².